The smallest absolute Gasteiger partial charge is 0.137 e. The highest BCUT2D eigenvalue weighted by atomic mass is 15.1. The SMILES string of the molecule is Cc1nc(Nc2ccc[nH]2)cc(NC(C)CCN)n1. The number of hydrogen-bond donors (Lipinski definition) is 4. The second-order valence-corrected chi connectivity index (χ2v) is 4.52. The quantitative estimate of drug-likeness (QED) is 0.637. The largest absolute Gasteiger partial charge is 0.367 e. The molecule has 0 saturated heterocycles. The Morgan fingerprint density at radius 2 is 2.16 bits per heavy atom. The van der Waals surface area contributed by atoms with E-state index in [1.807, 2.05) is 31.3 Å². The minimum atomic E-state index is 0.289. The second-order valence-electron chi connectivity index (χ2n) is 4.52. The molecule has 102 valence electrons. The Hall–Kier alpha value is -2.08. The maximum Gasteiger partial charge on any atom is 0.137 e. The third kappa shape index (κ3) is 3.96. The maximum atomic E-state index is 5.54. The summed E-state index contributed by atoms with van der Waals surface area (Å²) in [5, 5.41) is 6.52. The van der Waals surface area contributed by atoms with Crippen molar-refractivity contribution in [2.75, 3.05) is 17.2 Å². The van der Waals surface area contributed by atoms with E-state index in [1.165, 1.54) is 0 Å². The van der Waals surface area contributed by atoms with Crippen molar-refractivity contribution in [1.82, 2.24) is 15.0 Å². The van der Waals surface area contributed by atoms with Gasteiger partial charge in [-0.15, -0.1) is 0 Å². The number of aromatic amines is 1. The first-order valence-electron chi connectivity index (χ1n) is 6.40. The number of rotatable bonds is 6. The third-order valence-corrected chi connectivity index (χ3v) is 2.69. The number of H-pyrrole nitrogens is 1. The molecule has 6 nitrogen and oxygen atoms in total. The topological polar surface area (TPSA) is 91.7 Å². The molecule has 0 aliphatic carbocycles. The van der Waals surface area contributed by atoms with Gasteiger partial charge >= 0.3 is 0 Å². The third-order valence-electron chi connectivity index (χ3n) is 2.69. The Balaban J connectivity index is 2.10. The number of nitrogens with zero attached hydrogens (tertiary/aromatic N) is 2. The summed E-state index contributed by atoms with van der Waals surface area (Å²) in [6.45, 7) is 4.62. The van der Waals surface area contributed by atoms with Crippen molar-refractivity contribution in [2.24, 2.45) is 5.73 Å². The molecule has 2 aromatic heterocycles. The molecular formula is C13H20N6. The average Bonchev–Trinajstić information content (AvgIpc) is 2.81. The first kappa shape index (κ1) is 13.4. The number of hydrogen-bond acceptors (Lipinski definition) is 5. The predicted molar refractivity (Wildman–Crippen MR) is 77.6 cm³/mol. The number of aromatic nitrogens is 3. The van der Waals surface area contributed by atoms with Gasteiger partial charge in [-0.1, -0.05) is 0 Å². The van der Waals surface area contributed by atoms with E-state index < -0.39 is 0 Å². The zero-order valence-corrected chi connectivity index (χ0v) is 11.3. The predicted octanol–water partition coefficient (Wildman–Crippen LogP) is 2.01. The highest BCUT2D eigenvalue weighted by Crippen LogP contribution is 2.16. The van der Waals surface area contributed by atoms with Crippen LogP contribution in [0.2, 0.25) is 0 Å². The summed E-state index contributed by atoms with van der Waals surface area (Å²) in [5.41, 5.74) is 5.54. The molecule has 0 aliphatic rings. The molecule has 0 bridgehead atoms. The molecule has 1 atom stereocenters. The lowest BCUT2D eigenvalue weighted by Crippen LogP contribution is -2.20. The van der Waals surface area contributed by atoms with E-state index in [0.717, 1.165) is 29.7 Å². The van der Waals surface area contributed by atoms with Crippen molar-refractivity contribution in [3.05, 3.63) is 30.2 Å². The lowest BCUT2D eigenvalue weighted by atomic mass is 10.2. The minimum Gasteiger partial charge on any atom is -0.367 e. The summed E-state index contributed by atoms with van der Waals surface area (Å²) in [4.78, 5) is 11.8. The molecule has 0 aromatic carbocycles. The molecule has 2 rings (SSSR count). The summed E-state index contributed by atoms with van der Waals surface area (Å²) in [6.07, 6.45) is 2.77. The zero-order chi connectivity index (χ0) is 13.7. The van der Waals surface area contributed by atoms with Crippen LogP contribution in [0.15, 0.2) is 24.4 Å². The fraction of sp³-hybridized carbons (Fsp3) is 0.385. The van der Waals surface area contributed by atoms with E-state index in [9.17, 15) is 0 Å². The van der Waals surface area contributed by atoms with Crippen LogP contribution in [0.3, 0.4) is 0 Å². The molecule has 0 spiro atoms. The standard InChI is InChI=1S/C13H20N6/c1-9(5-6-14)16-12-8-13(18-10(2)17-12)19-11-4-3-7-15-11/h3-4,7-9,15H,5-6,14H2,1-2H3,(H2,16,17,18,19). The van der Waals surface area contributed by atoms with E-state index in [4.69, 9.17) is 5.73 Å². The van der Waals surface area contributed by atoms with Gasteiger partial charge in [0.15, 0.2) is 0 Å². The van der Waals surface area contributed by atoms with Crippen LogP contribution in [0.5, 0.6) is 0 Å². The van der Waals surface area contributed by atoms with E-state index in [-0.39, 0.29) is 6.04 Å². The van der Waals surface area contributed by atoms with Gasteiger partial charge in [0, 0.05) is 18.3 Å². The maximum absolute atomic E-state index is 5.54. The Morgan fingerprint density at radius 3 is 2.84 bits per heavy atom. The molecule has 19 heavy (non-hydrogen) atoms. The van der Waals surface area contributed by atoms with Crippen molar-refractivity contribution < 1.29 is 0 Å². The van der Waals surface area contributed by atoms with Gasteiger partial charge < -0.3 is 21.4 Å². The Bertz CT molecular complexity index is 508. The number of nitrogens with two attached hydrogens (primary N) is 1. The lowest BCUT2D eigenvalue weighted by Gasteiger charge is -2.14. The van der Waals surface area contributed by atoms with Crippen LogP contribution in [0.25, 0.3) is 0 Å². The molecule has 2 heterocycles. The van der Waals surface area contributed by atoms with E-state index in [0.29, 0.717) is 6.54 Å². The van der Waals surface area contributed by atoms with Gasteiger partial charge in [-0.05, 0) is 38.9 Å². The fourth-order valence-corrected chi connectivity index (χ4v) is 1.83. The molecule has 5 N–H and O–H groups in total. The summed E-state index contributed by atoms with van der Waals surface area (Å²) in [7, 11) is 0. The molecule has 6 heteroatoms. The summed E-state index contributed by atoms with van der Waals surface area (Å²) in [6, 6.07) is 6.05. The zero-order valence-electron chi connectivity index (χ0n) is 11.3. The molecule has 0 aliphatic heterocycles. The molecular weight excluding hydrogens is 240 g/mol. The van der Waals surface area contributed by atoms with Gasteiger partial charge in [-0.25, -0.2) is 9.97 Å². The highest BCUT2D eigenvalue weighted by molar-refractivity contribution is 5.56. The van der Waals surface area contributed by atoms with Crippen molar-refractivity contribution in [3.8, 4) is 0 Å². The van der Waals surface area contributed by atoms with Crippen LogP contribution in [-0.4, -0.2) is 27.5 Å². The minimum absolute atomic E-state index is 0.289. The van der Waals surface area contributed by atoms with Gasteiger partial charge in [0.25, 0.3) is 0 Å². The van der Waals surface area contributed by atoms with Crippen molar-refractivity contribution in [1.29, 1.82) is 0 Å². The number of anilines is 3. The Morgan fingerprint density at radius 1 is 1.37 bits per heavy atom. The molecule has 0 saturated carbocycles. The van der Waals surface area contributed by atoms with Crippen LogP contribution < -0.4 is 16.4 Å². The van der Waals surface area contributed by atoms with Gasteiger partial charge in [0.1, 0.15) is 23.3 Å². The molecule has 0 fully saturated rings. The van der Waals surface area contributed by atoms with Crippen LogP contribution in [-0.2, 0) is 0 Å². The summed E-state index contributed by atoms with van der Waals surface area (Å²) in [5.74, 6) is 3.19. The van der Waals surface area contributed by atoms with Crippen LogP contribution in [0.1, 0.15) is 19.2 Å². The van der Waals surface area contributed by atoms with Gasteiger partial charge in [0.2, 0.25) is 0 Å². The molecule has 0 radical (unpaired) electrons. The van der Waals surface area contributed by atoms with E-state index in [2.05, 4.69) is 32.5 Å². The van der Waals surface area contributed by atoms with Gasteiger partial charge in [0.05, 0.1) is 0 Å². The Kier molecular flexibility index (Phi) is 4.35. The molecule has 1 unspecified atom stereocenters. The molecule has 0 amide bonds. The second kappa shape index (κ2) is 6.19. The first-order chi connectivity index (χ1) is 9.17. The summed E-state index contributed by atoms with van der Waals surface area (Å²) < 4.78 is 0. The van der Waals surface area contributed by atoms with E-state index in [1.54, 1.807) is 0 Å². The monoisotopic (exact) mass is 260 g/mol. The first-order valence-corrected chi connectivity index (χ1v) is 6.40. The van der Waals surface area contributed by atoms with Crippen molar-refractivity contribution >= 4 is 17.5 Å². The highest BCUT2D eigenvalue weighted by Gasteiger charge is 2.06. The Labute approximate surface area is 112 Å². The van der Waals surface area contributed by atoms with Crippen LogP contribution in [0, 0.1) is 6.92 Å². The van der Waals surface area contributed by atoms with Crippen molar-refractivity contribution in [3.63, 3.8) is 0 Å². The van der Waals surface area contributed by atoms with Crippen LogP contribution in [0.4, 0.5) is 17.5 Å². The normalized spacial score (nSPS) is 12.2. The van der Waals surface area contributed by atoms with Gasteiger partial charge in [-0.3, -0.25) is 0 Å². The van der Waals surface area contributed by atoms with E-state index >= 15 is 0 Å². The summed E-state index contributed by atoms with van der Waals surface area (Å²) >= 11 is 0. The fourth-order valence-electron chi connectivity index (χ4n) is 1.83. The van der Waals surface area contributed by atoms with Gasteiger partial charge in [-0.2, -0.15) is 0 Å². The average molecular weight is 260 g/mol. The number of nitrogens with one attached hydrogen (secondary N) is 3. The molecule has 2 aromatic rings. The van der Waals surface area contributed by atoms with Crippen molar-refractivity contribution in [2.45, 2.75) is 26.3 Å². The lowest BCUT2D eigenvalue weighted by molar-refractivity contribution is 0.712. The van der Waals surface area contributed by atoms with Crippen LogP contribution >= 0.6 is 0 Å². The number of aryl methyl sites for hydroxylation is 1.